The number of carbonyl (C=O) groups is 1. The van der Waals surface area contributed by atoms with Gasteiger partial charge in [-0.25, -0.2) is 4.79 Å². The molecule has 4 aromatic rings. The topological polar surface area (TPSA) is 54.3 Å². The minimum Gasteiger partial charge on any atom is -0.324 e. The second-order valence-corrected chi connectivity index (χ2v) is 9.81. The number of rotatable bonds is 2. The van der Waals surface area contributed by atoms with Crippen molar-refractivity contribution in [1.82, 2.24) is 9.47 Å². The Bertz CT molecular complexity index is 1340. The average Bonchev–Trinajstić information content (AvgIpc) is 3.24. The number of thiophene rings is 1. The van der Waals surface area contributed by atoms with E-state index in [2.05, 4.69) is 35.6 Å². The van der Waals surface area contributed by atoms with E-state index in [1.807, 2.05) is 45.9 Å². The van der Waals surface area contributed by atoms with Crippen LogP contribution in [0, 0.1) is 5.92 Å². The van der Waals surface area contributed by atoms with Crippen molar-refractivity contribution in [3.8, 4) is 10.4 Å². The average molecular weight is 442 g/mol. The second-order valence-electron chi connectivity index (χ2n) is 8.73. The number of para-hydroxylation sites is 1. The summed E-state index contributed by atoms with van der Waals surface area (Å²) in [6, 6.07) is 23.8. The van der Waals surface area contributed by atoms with E-state index in [1.165, 1.54) is 15.0 Å². The van der Waals surface area contributed by atoms with Gasteiger partial charge in [0.1, 0.15) is 0 Å². The van der Waals surface area contributed by atoms with Crippen LogP contribution >= 0.6 is 11.3 Å². The minimum absolute atomic E-state index is 0.0572. The van der Waals surface area contributed by atoms with Crippen LogP contribution in [-0.2, 0) is 6.54 Å². The molecule has 6 heteroatoms. The zero-order valence-corrected chi connectivity index (χ0v) is 18.3. The van der Waals surface area contributed by atoms with Crippen molar-refractivity contribution in [2.24, 2.45) is 5.92 Å². The number of amides is 2. The molecule has 1 N–H and O–H groups in total. The van der Waals surface area contributed by atoms with Gasteiger partial charge in [-0.2, -0.15) is 0 Å². The maximum Gasteiger partial charge on any atom is 0.321 e. The number of anilines is 1. The van der Waals surface area contributed by atoms with Gasteiger partial charge in [0.15, 0.2) is 0 Å². The molecule has 0 saturated carbocycles. The van der Waals surface area contributed by atoms with Gasteiger partial charge in [0.2, 0.25) is 0 Å². The lowest BCUT2D eigenvalue weighted by Crippen LogP contribution is -2.50. The predicted octanol–water partition coefficient (Wildman–Crippen LogP) is 5.38. The highest BCUT2D eigenvalue weighted by Gasteiger charge is 2.38. The van der Waals surface area contributed by atoms with Gasteiger partial charge in [0.05, 0.1) is 0 Å². The first-order valence-electron chi connectivity index (χ1n) is 11.0. The number of piperidine rings is 1. The van der Waals surface area contributed by atoms with Gasteiger partial charge in [-0.15, -0.1) is 11.3 Å². The minimum atomic E-state index is -0.0685. The Morgan fingerprint density at radius 2 is 1.75 bits per heavy atom. The number of nitrogens with one attached hydrogen (secondary N) is 1. The number of benzene rings is 2. The van der Waals surface area contributed by atoms with Crippen LogP contribution in [0.1, 0.15) is 18.0 Å². The van der Waals surface area contributed by atoms with Gasteiger partial charge in [-0.3, -0.25) is 4.79 Å². The van der Waals surface area contributed by atoms with E-state index in [0.29, 0.717) is 19.6 Å². The number of likely N-dealkylation sites (tertiary alicyclic amines) is 1. The molecule has 4 heterocycles. The lowest BCUT2D eigenvalue weighted by molar-refractivity contribution is 0.140. The number of carbonyl (C=O) groups excluding carboxylic acids is 1. The molecule has 5 nitrogen and oxygen atoms in total. The molecule has 2 aliphatic rings. The Morgan fingerprint density at radius 3 is 2.59 bits per heavy atom. The fourth-order valence-electron chi connectivity index (χ4n) is 5.23. The van der Waals surface area contributed by atoms with Crippen LogP contribution in [0.4, 0.5) is 10.5 Å². The first kappa shape index (κ1) is 19.3. The Labute approximate surface area is 189 Å². The lowest BCUT2D eigenvalue weighted by Gasteiger charge is -2.43. The summed E-state index contributed by atoms with van der Waals surface area (Å²) in [6.07, 6.45) is 1.01. The number of pyridine rings is 1. The Hall–Kier alpha value is -3.38. The molecule has 2 atom stereocenters. The largest absolute Gasteiger partial charge is 0.324 e. The van der Waals surface area contributed by atoms with Crippen molar-refractivity contribution in [3.63, 3.8) is 0 Å². The van der Waals surface area contributed by atoms with Crippen LogP contribution in [0.5, 0.6) is 0 Å². The number of aromatic nitrogens is 1. The molecule has 1 fully saturated rings. The summed E-state index contributed by atoms with van der Waals surface area (Å²) in [6.45, 7) is 1.96. The number of hydrogen-bond donors (Lipinski definition) is 1. The first-order valence-corrected chi connectivity index (χ1v) is 11.8. The van der Waals surface area contributed by atoms with Gasteiger partial charge in [-0.05, 0) is 48.1 Å². The van der Waals surface area contributed by atoms with Crippen LogP contribution in [0.25, 0.3) is 20.5 Å². The number of urea groups is 1. The highest BCUT2D eigenvalue weighted by molar-refractivity contribution is 7.22. The molecule has 6 rings (SSSR count). The van der Waals surface area contributed by atoms with E-state index in [1.54, 1.807) is 17.4 Å². The Kier molecular flexibility index (Phi) is 4.61. The summed E-state index contributed by atoms with van der Waals surface area (Å²) in [5, 5.41) is 4.24. The third kappa shape index (κ3) is 3.31. The van der Waals surface area contributed by atoms with E-state index in [9.17, 15) is 9.59 Å². The summed E-state index contributed by atoms with van der Waals surface area (Å²) in [5.41, 5.74) is 3.06. The molecule has 0 unspecified atom stereocenters. The molecule has 0 aliphatic carbocycles. The third-order valence-corrected chi connectivity index (χ3v) is 7.74. The second kappa shape index (κ2) is 7.64. The summed E-state index contributed by atoms with van der Waals surface area (Å²) < 4.78 is 3.21. The van der Waals surface area contributed by atoms with Gasteiger partial charge < -0.3 is 14.8 Å². The van der Waals surface area contributed by atoms with Crippen molar-refractivity contribution in [3.05, 3.63) is 88.8 Å². The van der Waals surface area contributed by atoms with Crippen LogP contribution in [0.2, 0.25) is 0 Å². The SMILES string of the molecule is O=C(Nc1ccccc1)N1C[C@H]2C[C@H](C1)c1c(-c3cc4ccccc4s3)ccc(=O)n1C2. The molecule has 2 aromatic heterocycles. The predicted molar refractivity (Wildman–Crippen MR) is 129 cm³/mol. The molecule has 1 saturated heterocycles. The summed E-state index contributed by atoms with van der Waals surface area (Å²) in [5.74, 6) is 0.441. The van der Waals surface area contributed by atoms with E-state index in [4.69, 9.17) is 0 Å². The van der Waals surface area contributed by atoms with Crippen LogP contribution in [0.3, 0.4) is 0 Å². The Morgan fingerprint density at radius 1 is 0.938 bits per heavy atom. The fourth-order valence-corrected chi connectivity index (χ4v) is 6.32. The van der Waals surface area contributed by atoms with Crippen LogP contribution in [-0.4, -0.2) is 28.6 Å². The van der Waals surface area contributed by atoms with Gasteiger partial charge >= 0.3 is 6.03 Å². The van der Waals surface area contributed by atoms with Crippen molar-refractivity contribution >= 4 is 33.1 Å². The molecular formula is C26H23N3O2S. The molecule has 2 amide bonds. The molecule has 2 bridgehead atoms. The number of fused-ring (bicyclic) bond motifs is 5. The molecule has 160 valence electrons. The molecule has 32 heavy (non-hydrogen) atoms. The quantitative estimate of drug-likeness (QED) is 0.454. The van der Waals surface area contributed by atoms with Gasteiger partial charge in [0, 0.05) is 58.1 Å². The maximum atomic E-state index is 13.0. The zero-order chi connectivity index (χ0) is 21.7. The normalized spacial score (nSPS) is 19.6. The summed E-state index contributed by atoms with van der Waals surface area (Å²) >= 11 is 1.76. The van der Waals surface area contributed by atoms with Gasteiger partial charge in [-0.1, -0.05) is 36.4 Å². The summed E-state index contributed by atoms with van der Waals surface area (Å²) in [7, 11) is 0. The van der Waals surface area contributed by atoms with E-state index < -0.39 is 0 Å². The van der Waals surface area contributed by atoms with Crippen molar-refractivity contribution in [2.45, 2.75) is 18.9 Å². The monoisotopic (exact) mass is 441 g/mol. The first-order chi connectivity index (χ1) is 15.7. The molecule has 2 aromatic carbocycles. The van der Waals surface area contributed by atoms with E-state index >= 15 is 0 Å². The number of hydrogen-bond acceptors (Lipinski definition) is 3. The van der Waals surface area contributed by atoms with Crippen molar-refractivity contribution in [1.29, 1.82) is 0 Å². The molecule has 2 aliphatic heterocycles. The van der Waals surface area contributed by atoms with Gasteiger partial charge in [0.25, 0.3) is 5.56 Å². The highest BCUT2D eigenvalue weighted by Crippen LogP contribution is 2.42. The Balaban J connectivity index is 1.36. The standard InChI is InChI=1S/C26H23N3O2S/c30-24-11-10-21(23-13-18-6-4-5-9-22(18)32-23)25-19-12-17(15-29(24)25)14-28(16-19)26(31)27-20-7-2-1-3-8-20/h1-11,13,17,19H,12,14-16H2,(H,27,31)/t17-,19-/m1/s1. The van der Waals surface area contributed by atoms with E-state index in [0.717, 1.165) is 23.4 Å². The maximum absolute atomic E-state index is 13.0. The number of nitrogens with zero attached hydrogens (tertiary/aromatic N) is 2. The third-order valence-electron chi connectivity index (χ3n) is 6.59. The smallest absolute Gasteiger partial charge is 0.321 e. The van der Waals surface area contributed by atoms with Crippen molar-refractivity contribution < 1.29 is 4.79 Å². The zero-order valence-electron chi connectivity index (χ0n) is 17.5. The summed E-state index contributed by atoms with van der Waals surface area (Å²) in [4.78, 5) is 28.9. The fraction of sp³-hybridized carbons (Fsp3) is 0.231. The van der Waals surface area contributed by atoms with Crippen LogP contribution in [0.15, 0.2) is 77.6 Å². The molecule has 0 spiro atoms. The van der Waals surface area contributed by atoms with Crippen LogP contribution < -0.4 is 10.9 Å². The van der Waals surface area contributed by atoms with E-state index in [-0.39, 0.29) is 23.4 Å². The lowest BCUT2D eigenvalue weighted by atomic mass is 9.81. The highest BCUT2D eigenvalue weighted by atomic mass is 32.1. The molecular weight excluding hydrogens is 418 g/mol. The molecule has 0 radical (unpaired) electrons. The van der Waals surface area contributed by atoms with Crippen molar-refractivity contribution in [2.75, 3.05) is 18.4 Å².